The summed E-state index contributed by atoms with van der Waals surface area (Å²) in [5.74, 6) is 1.21. The molecule has 41 heavy (non-hydrogen) atoms. The number of rotatable bonds is 11. The molecule has 2 aliphatic heterocycles. The average Bonchev–Trinajstić information content (AvgIpc) is 3.59. The molecule has 13 heteroatoms. The highest BCUT2D eigenvalue weighted by atomic mass is 16.6. The molecule has 0 spiro atoms. The Morgan fingerprint density at radius 1 is 1.17 bits per heavy atom. The van der Waals surface area contributed by atoms with Crippen LogP contribution in [0, 0.1) is 0 Å². The van der Waals surface area contributed by atoms with Crippen molar-refractivity contribution in [1.82, 2.24) is 34.3 Å². The lowest BCUT2D eigenvalue weighted by molar-refractivity contribution is -0.125. The van der Waals surface area contributed by atoms with Gasteiger partial charge >= 0.3 is 6.09 Å². The zero-order chi connectivity index (χ0) is 29.5. The maximum absolute atomic E-state index is 12.9. The Labute approximate surface area is 241 Å². The fraction of sp³-hybridized carbons (Fsp3) is 0.679. The van der Waals surface area contributed by atoms with Crippen LogP contribution < -0.4 is 10.6 Å². The van der Waals surface area contributed by atoms with Crippen LogP contribution in [0.2, 0.25) is 0 Å². The van der Waals surface area contributed by atoms with Crippen molar-refractivity contribution in [3.05, 3.63) is 23.9 Å². The number of aliphatic hydroxyl groups excluding tert-OH is 1. The van der Waals surface area contributed by atoms with E-state index in [-0.39, 0.29) is 42.7 Å². The first-order chi connectivity index (χ1) is 19.7. The first-order valence-electron chi connectivity index (χ1n) is 14.6. The standard InChI is InChI=1S/C28H45N9O4/c1-6-20(18-38)30-26-32-25-23(19(2)3)16-29-37(25)27(33-26)31-21-9-13-35(14-10-21)28(40)41-22-11-15-36(17-22)24(39)8-7-12-34(4)5/h7-8,16,19-22,38H,6,9-15,17-18H2,1-5H3,(H2,30,31,32,33)/b8-7+/t20-,22+/m1/s1. The van der Waals surface area contributed by atoms with E-state index in [9.17, 15) is 14.7 Å². The van der Waals surface area contributed by atoms with E-state index in [0.29, 0.717) is 51.0 Å². The SMILES string of the molecule is CC[C@H](CO)Nc1nc(NC2CCN(C(=O)O[C@H]3CCN(C(=O)/C=C/CN(C)C)C3)CC2)n2ncc(C(C)C)c2n1. The molecule has 0 radical (unpaired) electrons. The van der Waals surface area contributed by atoms with E-state index in [1.807, 2.05) is 38.2 Å². The van der Waals surface area contributed by atoms with E-state index >= 15 is 0 Å². The molecule has 226 valence electrons. The Bertz CT molecular complexity index is 1200. The van der Waals surface area contributed by atoms with Gasteiger partial charge in [-0.05, 0) is 39.3 Å². The second-order valence-corrected chi connectivity index (χ2v) is 11.4. The van der Waals surface area contributed by atoms with Crippen molar-refractivity contribution in [2.45, 2.75) is 70.6 Å². The highest BCUT2D eigenvalue weighted by molar-refractivity contribution is 5.87. The number of aromatic nitrogens is 4. The minimum Gasteiger partial charge on any atom is -0.444 e. The number of hydrogen-bond donors (Lipinski definition) is 3. The summed E-state index contributed by atoms with van der Waals surface area (Å²) in [5.41, 5.74) is 1.75. The van der Waals surface area contributed by atoms with Crippen LogP contribution >= 0.6 is 0 Å². The number of carbonyl (C=O) groups is 2. The summed E-state index contributed by atoms with van der Waals surface area (Å²) in [6.07, 6.45) is 7.48. The lowest BCUT2D eigenvalue weighted by Crippen LogP contribution is -2.44. The molecular weight excluding hydrogens is 526 g/mol. The number of carbonyl (C=O) groups excluding carboxylic acids is 2. The Morgan fingerprint density at radius 2 is 1.90 bits per heavy atom. The van der Waals surface area contributed by atoms with Crippen LogP contribution in [0.15, 0.2) is 18.3 Å². The molecule has 13 nitrogen and oxygen atoms in total. The van der Waals surface area contributed by atoms with Crippen LogP contribution in [0.5, 0.6) is 0 Å². The molecule has 2 aromatic rings. The molecule has 2 fully saturated rings. The molecule has 0 aliphatic carbocycles. The number of likely N-dealkylation sites (N-methyl/N-ethyl adjacent to an activating group) is 1. The number of anilines is 2. The van der Waals surface area contributed by atoms with Gasteiger partial charge in [0, 0.05) is 50.3 Å². The van der Waals surface area contributed by atoms with Gasteiger partial charge in [-0.3, -0.25) is 4.79 Å². The number of likely N-dealkylation sites (tertiary alicyclic amines) is 2. The van der Waals surface area contributed by atoms with Gasteiger partial charge in [-0.15, -0.1) is 0 Å². The molecule has 4 heterocycles. The van der Waals surface area contributed by atoms with Gasteiger partial charge in [-0.2, -0.15) is 19.6 Å². The maximum Gasteiger partial charge on any atom is 0.410 e. The predicted octanol–water partition coefficient (Wildman–Crippen LogP) is 2.16. The molecule has 0 aromatic carbocycles. The molecule has 2 atom stereocenters. The summed E-state index contributed by atoms with van der Waals surface area (Å²) >= 11 is 0. The van der Waals surface area contributed by atoms with Crippen LogP contribution in [0.1, 0.15) is 57.9 Å². The molecule has 2 aliphatic rings. The first-order valence-corrected chi connectivity index (χ1v) is 14.6. The van der Waals surface area contributed by atoms with Crippen molar-refractivity contribution >= 4 is 29.5 Å². The molecule has 3 N–H and O–H groups in total. The molecule has 0 unspecified atom stereocenters. The average molecular weight is 572 g/mol. The largest absolute Gasteiger partial charge is 0.444 e. The quantitative estimate of drug-likeness (QED) is 0.344. The van der Waals surface area contributed by atoms with Crippen LogP contribution in [0.25, 0.3) is 5.65 Å². The van der Waals surface area contributed by atoms with Crippen LogP contribution in [0.4, 0.5) is 16.7 Å². The normalized spacial score (nSPS) is 19.1. The smallest absolute Gasteiger partial charge is 0.410 e. The molecule has 0 bridgehead atoms. The number of amides is 2. The molecule has 0 saturated carbocycles. The number of hydrogen-bond acceptors (Lipinski definition) is 10. The van der Waals surface area contributed by atoms with Gasteiger partial charge in [0.25, 0.3) is 0 Å². The second-order valence-electron chi connectivity index (χ2n) is 11.4. The summed E-state index contributed by atoms with van der Waals surface area (Å²) in [6, 6.07) is -0.0559. The molecular formula is C28H45N9O4. The zero-order valence-corrected chi connectivity index (χ0v) is 24.9. The van der Waals surface area contributed by atoms with Gasteiger partial charge in [0.05, 0.1) is 25.4 Å². The maximum atomic E-state index is 12.9. The van der Waals surface area contributed by atoms with Crippen molar-refractivity contribution in [2.75, 3.05) is 64.1 Å². The van der Waals surface area contributed by atoms with E-state index in [1.165, 1.54) is 0 Å². The topological polar surface area (TPSA) is 140 Å². The van der Waals surface area contributed by atoms with Crippen molar-refractivity contribution in [3.63, 3.8) is 0 Å². The second kappa shape index (κ2) is 13.9. The van der Waals surface area contributed by atoms with Crippen molar-refractivity contribution in [1.29, 1.82) is 0 Å². The fourth-order valence-corrected chi connectivity index (χ4v) is 5.02. The van der Waals surface area contributed by atoms with Gasteiger partial charge in [0.1, 0.15) is 6.10 Å². The summed E-state index contributed by atoms with van der Waals surface area (Å²) in [4.78, 5) is 40.1. The summed E-state index contributed by atoms with van der Waals surface area (Å²) in [7, 11) is 3.90. The number of piperidine rings is 1. The van der Waals surface area contributed by atoms with Gasteiger partial charge in [0.2, 0.25) is 17.8 Å². The zero-order valence-electron chi connectivity index (χ0n) is 24.9. The Hall–Kier alpha value is -3.45. The number of fused-ring (bicyclic) bond motifs is 1. The lowest BCUT2D eigenvalue weighted by atomic mass is 10.1. The minimum atomic E-state index is -0.329. The van der Waals surface area contributed by atoms with Gasteiger partial charge < -0.3 is 35.2 Å². The van der Waals surface area contributed by atoms with Crippen LogP contribution in [-0.4, -0.2) is 123 Å². The van der Waals surface area contributed by atoms with Gasteiger partial charge in [0.15, 0.2) is 5.65 Å². The highest BCUT2D eigenvalue weighted by Gasteiger charge is 2.31. The summed E-state index contributed by atoms with van der Waals surface area (Å²) in [5, 5.41) is 21.0. The molecule has 2 aromatic heterocycles. The number of nitrogens with one attached hydrogen (secondary N) is 2. The van der Waals surface area contributed by atoms with E-state index in [1.54, 1.807) is 20.4 Å². The molecule has 2 amide bonds. The fourth-order valence-electron chi connectivity index (χ4n) is 5.02. The van der Waals surface area contributed by atoms with Crippen molar-refractivity contribution in [2.24, 2.45) is 0 Å². The minimum absolute atomic E-state index is 0.0122. The summed E-state index contributed by atoms with van der Waals surface area (Å²) in [6.45, 7) is 9.00. The third-order valence-corrected chi connectivity index (χ3v) is 7.61. The lowest BCUT2D eigenvalue weighted by Gasteiger charge is -2.32. The number of ether oxygens (including phenoxy) is 1. The van der Waals surface area contributed by atoms with Crippen molar-refractivity contribution in [3.8, 4) is 0 Å². The monoisotopic (exact) mass is 571 g/mol. The van der Waals surface area contributed by atoms with Crippen LogP contribution in [0.3, 0.4) is 0 Å². The number of aliphatic hydroxyl groups is 1. The van der Waals surface area contributed by atoms with E-state index in [2.05, 4.69) is 34.6 Å². The van der Waals surface area contributed by atoms with E-state index in [0.717, 1.165) is 30.5 Å². The third-order valence-electron chi connectivity index (χ3n) is 7.61. The molecule has 2 saturated heterocycles. The van der Waals surface area contributed by atoms with Gasteiger partial charge in [-0.1, -0.05) is 26.8 Å². The molecule has 4 rings (SSSR count). The summed E-state index contributed by atoms with van der Waals surface area (Å²) < 4.78 is 7.49. The number of nitrogens with zero attached hydrogens (tertiary/aromatic N) is 7. The van der Waals surface area contributed by atoms with E-state index < -0.39 is 0 Å². The Morgan fingerprint density at radius 3 is 2.56 bits per heavy atom. The van der Waals surface area contributed by atoms with Crippen molar-refractivity contribution < 1.29 is 19.4 Å². The predicted molar refractivity (Wildman–Crippen MR) is 157 cm³/mol. The Balaban J connectivity index is 1.32. The first kappa shape index (κ1) is 30.5. The Kier molecular flexibility index (Phi) is 10.4. The van der Waals surface area contributed by atoms with Crippen LogP contribution in [-0.2, 0) is 9.53 Å². The van der Waals surface area contributed by atoms with E-state index in [4.69, 9.17) is 9.72 Å². The third kappa shape index (κ3) is 7.85. The van der Waals surface area contributed by atoms with Gasteiger partial charge in [-0.25, -0.2) is 4.79 Å². The highest BCUT2D eigenvalue weighted by Crippen LogP contribution is 2.24.